The van der Waals surface area contributed by atoms with Crippen molar-refractivity contribution in [3.8, 4) is 0 Å². The fourth-order valence-electron chi connectivity index (χ4n) is 3.91. The Balaban J connectivity index is 1.34. The Kier molecular flexibility index (Phi) is 5.55. The maximum atomic E-state index is 13.0. The average molecular weight is 391 g/mol. The van der Waals surface area contributed by atoms with Crippen LogP contribution in [0.3, 0.4) is 0 Å². The number of H-pyrrole nitrogens is 1. The fourth-order valence-corrected chi connectivity index (χ4v) is 3.91. The number of hydrogen-bond acceptors (Lipinski definition) is 4. The monoisotopic (exact) mass is 391 g/mol. The van der Waals surface area contributed by atoms with Gasteiger partial charge in [0.25, 0.3) is 5.91 Å². The van der Waals surface area contributed by atoms with Gasteiger partial charge in [-0.1, -0.05) is 37.3 Å². The third-order valence-electron chi connectivity index (χ3n) is 5.56. The molecule has 0 radical (unpaired) electrons. The first-order chi connectivity index (χ1) is 14.2. The van der Waals surface area contributed by atoms with Crippen LogP contribution in [0.2, 0.25) is 0 Å². The van der Waals surface area contributed by atoms with E-state index >= 15 is 0 Å². The molecule has 0 bridgehead atoms. The number of amides is 2. The molecular formula is C22H25N5O2. The Hall–Kier alpha value is -3.22. The normalized spacial score (nSPS) is 16.0. The van der Waals surface area contributed by atoms with E-state index in [-0.39, 0.29) is 23.8 Å². The number of imidazole rings is 1. The number of carbonyl (C=O) groups is 2. The van der Waals surface area contributed by atoms with Crippen molar-refractivity contribution in [3.63, 3.8) is 0 Å². The van der Waals surface area contributed by atoms with Crippen LogP contribution in [-0.2, 0) is 4.79 Å². The third kappa shape index (κ3) is 4.13. The molecule has 29 heavy (non-hydrogen) atoms. The highest BCUT2D eigenvalue weighted by Crippen LogP contribution is 2.24. The van der Waals surface area contributed by atoms with Gasteiger partial charge >= 0.3 is 0 Å². The highest BCUT2D eigenvalue weighted by molar-refractivity contribution is 5.94. The number of piperidine rings is 1. The quantitative estimate of drug-likeness (QED) is 0.700. The summed E-state index contributed by atoms with van der Waals surface area (Å²) < 4.78 is 0. The lowest BCUT2D eigenvalue weighted by Crippen LogP contribution is -2.47. The van der Waals surface area contributed by atoms with Gasteiger partial charge in [0, 0.05) is 19.1 Å². The lowest BCUT2D eigenvalue weighted by molar-refractivity contribution is -0.134. The number of pyridine rings is 1. The van der Waals surface area contributed by atoms with Gasteiger partial charge in [0.15, 0.2) is 5.65 Å². The molecule has 150 valence electrons. The second-order valence-corrected chi connectivity index (χ2v) is 7.41. The number of hydrogen-bond donors (Lipinski definition) is 2. The second kappa shape index (κ2) is 8.43. The molecule has 3 heterocycles. The predicted molar refractivity (Wildman–Crippen MR) is 110 cm³/mol. The van der Waals surface area contributed by atoms with E-state index in [0.29, 0.717) is 24.4 Å². The first-order valence-electron chi connectivity index (χ1n) is 10.1. The third-order valence-corrected chi connectivity index (χ3v) is 5.56. The van der Waals surface area contributed by atoms with Crippen LogP contribution in [0.4, 0.5) is 0 Å². The molecule has 1 aromatic carbocycles. The van der Waals surface area contributed by atoms with Gasteiger partial charge < -0.3 is 15.2 Å². The average Bonchev–Trinajstić information content (AvgIpc) is 3.23. The summed E-state index contributed by atoms with van der Waals surface area (Å²) in [7, 11) is 0. The van der Waals surface area contributed by atoms with E-state index in [9.17, 15) is 9.59 Å². The Morgan fingerprint density at radius 1 is 1.17 bits per heavy atom. The first kappa shape index (κ1) is 19.1. The Labute approximate surface area is 169 Å². The van der Waals surface area contributed by atoms with Crippen LogP contribution in [0.1, 0.15) is 48.2 Å². The van der Waals surface area contributed by atoms with E-state index in [4.69, 9.17) is 0 Å². The molecule has 1 aliphatic rings. The van der Waals surface area contributed by atoms with Crippen LogP contribution in [0.5, 0.6) is 0 Å². The number of fused-ring (bicyclic) bond motifs is 1. The number of carbonyl (C=O) groups excluding carboxylic acids is 2. The SMILES string of the molecule is CCC(C(=O)N1CCC(NC(=O)c2ccc3[nH]cnc3n2)CC1)c1ccccc1. The molecule has 3 aromatic rings. The topological polar surface area (TPSA) is 91.0 Å². The van der Waals surface area contributed by atoms with Crippen LogP contribution in [0, 0.1) is 0 Å². The van der Waals surface area contributed by atoms with Crippen molar-refractivity contribution in [2.24, 2.45) is 0 Å². The summed E-state index contributed by atoms with van der Waals surface area (Å²) in [5, 5.41) is 3.05. The Morgan fingerprint density at radius 2 is 1.93 bits per heavy atom. The highest BCUT2D eigenvalue weighted by Gasteiger charge is 2.29. The number of rotatable bonds is 5. The van der Waals surface area contributed by atoms with Crippen LogP contribution in [0.15, 0.2) is 48.8 Å². The molecule has 7 heteroatoms. The highest BCUT2D eigenvalue weighted by atomic mass is 16.2. The van der Waals surface area contributed by atoms with Gasteiger partial charge in [-0.2, -0.15) is 0 Å². The predicted octanol–water partition coefficient (Wildman–Crippen LogP) is 2.87. The van der Waals surface area contributed by atoms with E-state index in [1.165, 1.54) is 0 Å². The molecule has 1 fully saturated rings. The van der Waals surface area contributed by atoms with Gasteiger partial charge in [0.05, 0.1) is 17.8 Å². The second-order valence-electron chi connectivity index (χ2n) is 7.41. The summed E-state index contributed by atoms with van der Waals surface area (Å²) in [6.45, 7) is 3.35. The van der Waals surface area contributed by atoms with Gasteiger partial charge in [-0.25, -0.2) is 9.97 Å². The zero-order chi connectivity index (χ0) is 20.2. The standard InChI is InChI=1S/C22H25N5O2/c1-2-17(15-6-4-3-5-7-15)22(29)27-12-10-16(11-13-27)25-21(28)19-9-8-18-20(26-19)24-14-23-18/h3-9,14,16-17H,2,10-13H2,1H3,(H,25,28)(H,23,24,26). The van der Waals surface area contributed by atoms with Crippen molar-refractivity contribution < 1.29 is 9.59 Å². The fraction of sp³-hybridized carbons (Fsp3) is 0.364. The number of nitrogens with one attached hydrogen (secondary N) is 2. The van der Waals surface area contributed by atoms with Gasteiger partial charge in [-0.15, -0.1) is 0 Å². The minimum absolute atomic E-state index is 0.0417. The molecule has 1 aliphatic heterocycles. The molecular weight excluding hydrogens is 366 g/mol. The number of aromatic nitrogens is 3. The summed E-state index contributed by atoms with van der Waals surface area (Å²) in [5.41, 5.74) is 2.76. The van der Waals surface area contributed by atoms with E-state index in [1.807, 2.05) is 42.2 Å². The lowest BCUT2D eigenvalue weighted by Gasteiger charge is -2.34. The van der Waals surface area contributed by atoms with Crippen LogP contribution in [0.25, 0.3) is 11.2 Å². The van der Waals surface area contributed by atoms with Gasteiger partial charge in [-0.05, 0) is 37.0 Å². The summed E-state index contributed by atoms with van der Waals surface area (Å²) in [5.74, 6) is -0.128. The van der Waals surface area contributed by atoms with Crippen molar-refractivity contribution in [2.45, 2.75) is 38.1 Å². The lowest BCUT2D eigenvalue weighted by atomic mass is 9.93. The maximum Gasteiger partial charge on any atom is 0.270 e. The summed E-state index contributed by atoms with van der Waals surface area (Å²) in [6.07, 6.45) is 3.83. The smallest absolute Gasteiger partial charge is 0.270 e. The van der Waals surface area contributed by atoms with Gasteiger partial charge in [0.1, 0.15) is 5.69 Å². The van der Waals surface area contributed by atoms with Crippen LogP contribution >= 0.6 is 0 Å². The molecule has 4 rings (SSSR count). The van der Waals surface area contributed by atoms with E-state index < -0.39 is 0 Å². The molecule has 1 atom stereocenters. The van der Waals surface area contributed by atoms with Crippen molar-refractivity contribution in [1.29, 1.82) is 0 Å². The van der Waals surface area contributed by atoms with E-state index in [1.54, 1.807) is 18.5 Å². The van der Waals surface area contributed by atoms with Crippen molar-refractivity contribution in [1.82, 2.24) is 25.2 Å². The summed E-state index contributed by atoms with van der Waals surface area (Å²) in [6, 6.07) is 13.5. The zero-order valence-electron chi connectivity index (χ0n) is 16.5. The van der Waals surface area contributed by atoms with E-state index in [2.05, 4.69) is 20.3 Å². The Bertz CT molecular complexity index is 993. The Morgan fingerprint density at radius 3 is 2.66 bits per heavy atom. The molecule has 0 spiro atoms. The number of nitrogens with zero attached hydrogens (tertiary/aromatic N) is 3. The number of benzene rings is 1. The molecule has 7 nitrogen and oxygen atoms in total. The molecule has 2 amide bonds. The summed E-state index contributed by atoms with van der Waals surface area (Å²) in [4.78, 5) is 38.8. The molecule has 2 aromatic heterocycles. The van der Waals surface area contributed by atoms with Gasteiger partial charge in [0.2, 0.25) is 5.91 Å². The molecule has 0 aliphatic carbocycles. The molecule has 2 N–H and O–H groups in total. The molecule has 0 saturated carbocycles. The first-order valence-corrected chi connectivity index (χ1v) is 10.1. The van der Waals surface area contributed by atoms with Crippen molar-refractivity contribution >= 4 is 23.0 Å². The van der Waals surface area contributed by atoms with Crippen molar-refractivity contribution in [3.05, 3.63) is 60.0 Å². The van der Waals surface area contributed by atoms with Crippen LogP contribution < -0.4 is 5.32 Å². The number of aromatic amines is 1. The van der Waals surface area contributed by atoms with Gasteiger partial charge in [-0.3, -0.25) is 9.59 Å². The minimum Gasteiger partial charge on any atom is -0.348 e. The molecule has 1 unspecified atom stereocenters. The summed E-state index contributed by atoms with van der Waals surface area (Å²) >= 11 is 0. The van der Waals surface area contributed by atoms with Crippen molar-refractivity contribution in [2.75, 3.05) is 13.1 Å². The number of likely N-dealkylation sites (tertiary alicyclic amines) is 1. The van der Waals surface area contributed by atoms with Crippen LogP contribution in [-0.4, -0.2) is 50.8 Å². The largest absolute Gasteiger partial charge is 0.348 e. The molecule has 1 saturated heterocycles. The maximum absolute atomic E-state index is 13.0. The van der Waals surface area contributed by atoms with E-state index in [0.717, 1.165) is 30.3 Å². The zero-order valence-corrected chi connectivity index (χ0v) is 16.5. The minimum atomic E-state index is -0.199.